The number of carbonyl (C=O) groups is 1. The van der Waals surface area contributed by atoms with Crippen molar-refractivity contribution in [3.05, 3.63) is 35.9 Å². The molecule has 4 aliphatic rings. The van der Waals surface area contributed by atoms with E-state index in [1.165, 1.54) is 57.2 Å². The van der Waals surface area contributed by atoms with Crippen molar-refractivity contribution in [1.82, 2.24) is 30.3 Å². The van der Waals surface area contributed by atoms with E-state index in [1.54, 1.807) is 0 Å². The normalized spacial score (nSPS) is 27.2. The molecule has 2 N–H and O–H groups in total. The lowest BCUT2D eigenvalue weighted by molar-refractivity contribution is -0.124. The number of halogens is 1. The Balaban J connectivity index is 1.19. The molecule has 3 atom stereocenters. The predicted octanol–water partition coefficient (Wildman–Crippen LogP) is 2.74. The van der Waals surface area contributed by atoms with Gasteiger partial charge in [-0.1, -0.05) is 25.3 Å². The second kappa shape index (κ2) is 12.3. The fraction of sp³-hybridized carbons (Fsp3) is 0.724. The summed E-state index contributed by atoms with van der Waals surface area (Å²) in [5.41, 5.74) is 2.02. The van der Waals surface area contributed by atoms with Crippen molar-refractivity contribution in [2.24, 2.45) is 5.92 Å². The Morgan fingerprint density at radius 3 is 2.70 bits per heavy atom. The molecule has 3 fully saturated rings. The summed E-state index contributed by atoms with van der Waals surface area (Å²) in [6.07, 6.45) is 13.0. The fourth-order valence-electron chi connectivity index (χ4n) is 6.99. The quantitative estimate of drug-likeness (QED) is 0.523. The Hall–Kier alpha value is -1.87. The van der Waals surface area contributed by atoms with E-state index < -0.39 is 5.95 Å². The van der Waals surface area contributed by atoms with E-state index in [2.05, 4.69) is 50.5 Å². The molecule has 0 aromatic carbocycles. The molecule has 1 amide bonds. The Bertz CT molecular complexity index is 940. The second-order valence-corrected chi connectivity index (χ2v) is 11.9. The molecule has 1 aromatic heterocycles. The molecule has 0 radical (unpaired) electrons. The summed E-state index contributed by atoms with van der Waals surface area (Å²) in [5, 5.41) is 7.05. The largest absolute Gasteiger partial charge is 0.352 e. The highest BCUT2D eigenvalue weighted by atomic mass is 19.1. The Morgan fingerprint density at radius 2 is 1.97 bits per heavy atom. The van der Waals surface area contributed by atoms with Crippen molar-refractivity contribution in [2.75, 3.05) is 53.4 Å². The van der Waals surface area contributed by atoms with Crippen LogP contribution < -0.4 is 10.6 Å². The van der Waals surface area contributed by atoms with Gasteiger partial charge in [-0.2, -0.15) is 4.39 Å². The molecule has 1 saturated carbocycles. The molecule has 0 spiro atoms. The van der Waals surface area contributed by atoms with Gasteiger partial charge in [0.25, 0.3) is 0 Å². The lowest BCUT2D eigenvalue weighted by atomic mass is 9.83. The number of carbonyl (C=O) groups excluding carboxylic acids is 1. The number of fused-ring (bicyclic) bond motifs is 1. The molecular formula is C29H45FN6O. The molecule has 8 heteroatoms. The van der Waals surface area contributed by atoms with E-state index in [9.17, 15) is 9.18 Å². The molecule has 1 unspecified atom stereocenters. The van der Waals surface area contributed by atoms with Crippen LogP contribution in [0.4, 0.5) is 4.39 Å². The number of hydrogen-bond acceptors (Lipinski definition) is 6. The molecule has 1 aromatic rings. The van der Waals surface area contributed by atoms with Crippen LogP contribution in [-0.4, -0.2) is 103 Å². The number of aromatic nitrogens is 1. The Kier molecular flexibility index (Phi) is 8.90. The van der Waals surface area contributed by atoms with Gasteiger partial charge in [-0.05, 0) is 76.0 Å². The first-order valence-electron chi connectivity index (χ1n) is 14.4. The van der Waals surface area contributed by atoms with Gasteiger partial charge in [-0.3, -0.25) is 9.69 Å². The maximum atomic E-state index is 13.7. The number of amides is 1. The molecular weight excluding hydrogens is 467 g/mol. The molecule has 2 saturated heterocycles. The van der Waals surface area contributed by atoms with Crippen molar-refractivity contribution < 1.29 is 9.18 Å². The lowest BCUT2D eigenvalue weighted by Crippen LogP contribution is -2.57. The average molecular weight is 513 g/mol. The SMILES string of the molecule is CN(C)C1CCN(C[C@@H](NC(=O)C[C@H]2CNCC3C=C(c4ccnc(F)c4)CN32)C2CCCCC2)CC1. The van der Waals surface area contributed by atoms with Crippen molar-refractivity contribution in [2.45, 2.75) is 75.5 Å². The highest BCUT2D eigenvalue weighted by molar-refractivity contribution is 5.77. The number of hydrogen-bond donors (Lipinski definition) is 2. The maximum absolute atomic E-state index is 13.7. The highest BCUT2D eigenvalue weighted by Crippen LogP contribution is 2.30. The van der Waals surface area contributed by atoms with Gasteiger partial charge < -0.3 is 20.4 Å². The van der Waals surface area contributed by atoms with Gasteiger partial charge in [0.15, 0.2) is 0 Å². The highest BCUT2D eigenvalue weighted by Gasteiger charge is 2.36. The van der Waals surface area contributed by atoms with Crippen LogP contribution in [0, 0.1) is 11.9 Å². The third-order valence-electron chi connectivity index (χ3n) is 9.20. The van der Waals surface area contributed by atoms with Crippen LogP contribution in [0.5, 0.6) is 0 Å². The minimum Gasteiger partial charge on any atom is -0.352 e. The summed E-state index contributed by atoms with van der Waals surface area (Å²) in [6, 6.07) is 4.68. The first kappa shape index (κ1) is 26.7. The van der Waals surface area contributed by atoms with Gasteiger partial charge in [0.2, 0.25) is 11.9 Å². The van der Waals surface area contributed by atoms with Crippen LogP contribution in [0.1, 0.15) is 56.9 Å². The monoisotopic (exact) mass is 512 g/mol. The van der Waals surface area contributed by atoms with E-state index in [-0.39, 0.29) is 24.0 Å². The predicted molar refractivity (Wildman–Crippen MR) is 146 cm³/mol. The number of likely N-dealkylation sites (tertiary alicyclic amines) is 1. The number of piperidine rings is 1. The summed E-state index contributed by atoms with van der Waals surface area (Å²) in [7, 11) is 4.37. The van der Waals surface area contributed by atoms with Gasteiger partial charge >= 0.3 is 0 Å². The molecule has 37 heavy (non-hydrogen) atoms. The van der Waals surface area contributed by atoms with Crippen molar-refractivity contribution >= 4 is 11.5 Å². The standard InChI is InChI=1S/C29H45FN6O/c1-34(2)24-9-12-35(13-10-24)20-27(21-6-4-3-5-7-21)33-29(37)16-26-18-31-17-25-14-23(19-36(25)26)22-8-11-32-28(30)15-22/h8,11,14-15,21,24-27,31H,3-7,9-10,12-13,16-20H2,1-2H3,(H,33,37)/t25?,26-,27+/m0/s1. The van der Waals surface area contributed by atoms with E-state index >= 15 is 0 Å². The first-order valence-corrected chi connectivity index (χ1v) is 14.4. The third kappa shape index (κ3) is 6.77. The summed E-state index contributed by atoms with van der Waals surface area (Å²) in [5.74, 6) is 0.315. The van der Waals surface area contributed by atoms with E-state index in [0.717, 1.165) is 50.4 Å². The van der Waals surface area contributed by atoms with Crippen LogP contribution in [0.25, 0.3) is 5.57 Å². The smallest absolute Gasteiger partial charge is 0.221 e. The minimum absolute atomic E-state index is 0.141. The Morgan fingerprint density at radius 1 is 1.19 bits per heavy atom. The summed E-state index contributed by atoms with van der Waals surface area (Å²) in [6.45, 7) is 5.64. The zero-order valence-corrected chi connectivity index (χ0v) is 22.7. The number of piperazine rings is 1. The zero-order chi connectivity index (χ0) is 25.8. The van der Waals surface area contributed by atoms with Crippen LogP contribution >= 0.6 is 0 Å². The van der Waals surface area contributed by atoms with Crippen molar-refractivity contribution in [3.8, 4) is 0 Å². The van der Waals surface area contributed by atoms with Gasteiger partial charge in [-0.25, -0.2) is 4.98 Å². The van der Waals surface area contributed by atoms with Gasteiger partial charge in [0.05, 0.1) is 0 Å². The van der Waals surface area contributed by atoms with E-state index in [0.29, 0.717) is 18.4 Å². The number of nitrogens with one attached hydrogen (secondary N) is 2. The molecule has 3 aliphatic heterocycles. The van der Waals surface area contributed by atoms with Crippen molar-refractivity contribution in [3.63, 3.8) is 0 Å². The summed E-state index contributed by atoms with van der Waals surface area (Å²) < 4.78 is 13.7. The number of rotatable bonds is 8. The maximum Gasteiger partial charge on any atom is 0.221 e. The molecule has 1 aliphatic carbocycles. The molecule has 7 nitrogen and oxygen atoms in total. The van der Waals surface area contributed by atoms with Crippen molar-refractivity contribution in [1.29, 1.82) is 0 Å². The second-order valence-electron chi connectivity index (χ2n) is 11.9. The lowest BCUT2D eigenvalue weighted by Gasteiger charge is -2.40. The van der Waals surface area contributed by atoms with E-state index in [4.69, 9.17) is 0 Å². The van der Waals surface area contributed by atoms with Gasteiger partial charge in [0.1, 0.15) is 0 Å². The van der Waals surface area contributed by atoms with Crippen LogP contribution in [0.15, 0.2) is 24.4 Å². The van der Waals surface area contributed by atoms with Gasteiger partial charge in [0, 0.05) is 69.0 Å². The summed E-state index contributed by atoms with van der Waals surface area (Å²) >= 11 is 0. The molecule has 0 bridgehead atoms. The average Bonchev–Trinajstić information content (AvgIpc) is 3.35. The Labute approximate surface area is 221 Å². The molecule has 204 valence electrons. The first-order chi connectivity index (χ1) is 18.0. The molecule has 5 rings (SSSR count). The summed E-state index contributed by atoms with van der Waals surface area (Å²) in [4.78, 5) is 24.5. The third-order valence-corrected chi connectivity index (χ3v) is 9.20. The van der Waals surface area contributed by atoms with Gasteiger partial charge in [-0.15, -0.1) is 0 Å². The van der Waals surface area contributed by atoms with Crippen LogP contribution in [-0.2, 0) is 4.79 Å². The minimum atomic E-state index is -0.447. The van der Waals surface area contributed by atoms with Crippen LogP contribution in [0.2, 0.25) is 0 Å². The van der Waals surface area contributed by atoms with Crippen LogP contribution in [0.3, 0.4) is 0 Å². The molecule has 4 heterocycles. The fourth-order valence-corrected chi connectivity index (χ4v) is 6.99. The number of nitrogens with zero attached hydrogens (tertiary/aromatic N) is 4. The topological polar surface area (TPSA) is 63.7 Å². The number of pyridine rings is 1. The van der Waals surface area contributed by atoms with E-state index in [1.807, 2.05) is 6.07 Å². The zero-order valence-electron chi connectivity index (χ0n) is 22.7.